The Morgan fingerprint density at radius 1 is 0.871 bits per heavy atom. The molecule has 5 rings (SSSR count). The van der Waals surface area contributed by atoms with Crippen molar-refractivity contribution in [2.24, 2.45) is 4.99 Å². The second kappa shape index (κ2) is 7.04. The molecule has 3 aromatic rings. The summed E-state index contributed by atoms with van der Waals surface area (Å²) in [4.78, 5) is 4.92. The van der Waals surface area contributed by atoms with E-state index in [1.54, 1.807) is 6.07 Å². The van der Waals surface area contributed by atoms with Crippen LogP contribution in [0.2, 0.25) is 0 Å². The molecule has 0 amide bonds. The standard InChI is InChI=1S/C28H23FN2/c1-19-28(31-27(2,3)30-19)24-17-15-22(29)18-23(24)26(21-12-8-5-9-13-21)25(28)16-14-20-10-6-4-7-11-20/h4-13,15,17-18,31H,1-3H3/t28-/m1/s1. The van der Waals surface area contributed by atoms with E-state index in [-0.39, 0.29) is 5.82 Å². The van der Waals surface area contributed by atoms with Crippen molar-refractivity contribution in [1.82, 2.24) is 5.32 Å². The van der Waals surface area contributed by atoms with Crippen LogP contribution in [0.5, 0.6) is 0 Å². The first-order chi connectivity index (χ1) is 14.9. The Hall–Kier alpha value is -3.48. The third kappa shape index (κ3) is 3.12. The van der Waals surface area contributed by atoms with Crippen molar-refractivity contribution >= 4 is 11.3 Å². The highest BCUT2D eigenvalue weighted by atomic mass is 19.1. The lowest BCUT2D eigenvalue weighted by Gasteiger charge is -2.31. The Morgan fingerprint density at radius 3 is 2.19 bits per heavy atom. The van der Waals surface area contributed by atoms with Crippen molar-refractivity contribution in [1.29, 1.82) is 0 Å². The Labute approximate surface area is 182 Å². The predicted molar refractivity (Wildman–Crippen MR) is 124 cm³/mol. The molecule has 1 heterocycles. The molecule has 1 aliphatic heterocycles. The molecule has 2 aliphatic rings. The van der Waals surface area contributed by atoms with Crippen molar-refractivity contribution in [3.63, 3.8) is 0 Å². The molecule has 1 N–H and O–H groups in total. The number of nitrogens with one attached hydrogen (secondary N) is 1. The minimum absolute atomic E-state index is 0.258. The summed E-state index contributed by atoms with van der Waals surface area (Å²) < 4.78 is 14.4. The van der Waals surface area contributed by atoms with Crippen LogP contribution in [0.15, 0.2) is 89.4 Å². The zero-order valence-corrected chi connectivity index (χ0v) is 17.8. The minimum atomic E-state index is -0.681. The summed E-state index contributed by atoms with van der Waals surface area (Å²) in [7, 11) is 0. The Bertz CT molecular complexity index is 1290. The highest BCUT2D eigenvalue weighted by Crippen LogP contribution is 2.51. The number of benzene rings is 3. The highest BCUT2D eigenvalue weighted by molar-refractivity contribution is 6.08. The molecule has 1 spiro atoms. The van der Waals surface area contributed by atoms with Gasteiger partial charge in [-0.05, 0) is 61.7 Å². The molecular formula is C28H23FN2. The average Bonchev–Trinajstić information content (AvgIpc) is 3.16. The van der Waals surface area contributed by atoms with Gasteiger partial charge in [0.05, 0.1) is 0 Å². The van der Waals surface area contributed by atoms with Crippen LogP contribution in [0.3, 0.4) is 0 Å². The molecule has 2 nitrogen and oxygen atoms in total. The lowest BCUT2D eigenvalue weighted by molar-refractivity contribution is 0.379. The SMILES string of the molecule is CC1=NC(C)(C)N[C@]12C(C#Cc1ccccc1)=C(c1ccccc1)c1cc(F)ccc12. The molecule has 0 aromatic heterocycles. The number of nitrogens with zero attached hydrogens (tertiary/aromatic N) is 1. The summed E-state index contributed by atoms with van der Waals surface area (Å²) in [6, 6.07) is 25.1. The molecule has 0 radical (unpaired) electrons. The van der Waals surface area contributed by atoms with Gasteiger partial charge in [-0.15, -0.1) is 0 Å². The number of rotatable bonds is 1. The molecule has 1 aliphatic carbocycles. The summed E-state index contributed by atoms with van der Waals surface area (Å²) in [6.07, 6.45) is 0. The Kier molecular flexibility index (Phi) is 4.43. The van der Waals surface area contributed by atoms with Crippen LogP contribution in [-0.2, 0) is 5.54 Å². The van der Waals surface area contributed by atoms with Gasteiger partial charge < -0.3 is 0 Å². The maximum absolute atomic E-state index is 14.4. The van der Waals surface area contributed by atoms with Crippen LogP contribution < -0.4 is 5.32 Å². The fourth-order valence-corrected chi connectivity index (χ4v) is 4.81. The van der Waals surface area contributed by atoms with Gasteiger partial charge in [-0.1, -0.05) is 66.4 Å². The van der Waals surface area contributed by atoms with Gasteiger partial charge in [-0.3, -0.25) is 10.3 Å². The monoisotopic (exact) mass is 406 g/mol. The van der Waals surface area contributed by atoms with Gasteiger partial charge in [-0.2, -0.15) is 0 Å². The van der Waals surface area contributed by atoms with Crippen LogP contribution >= 0.6 is 0 Å². The summed E-state index contributed by atoms with van der Waals surface area (Å²) >= 11 is 0. The molecule has 0 saturated carbocycles. The van der Waals surface area contributed by atoms with E-state index >= 15 is 0 Å². The zero-order chi connectivity index (χ0) is 21.6. The van der Waals surface area contributed by atoms with Gasteiger partial charge in [0.1, 0.15) is 17.0 Å². The van der Waals surface area contributed by atoms with E-state index in [1.807, 2.05) is 61.5 Å². The fourth-order valence-electron chi connectivity index (χ4n) is 4.81. The highest BCUT2D eigenvalue weighted by Gasteiger charge is 2.53. The molecule has 0 bridgehead atoms. The van der Waals surface area contributed by atoms with E-state index in [2.05, 4.69) is 43.1 Å². The fraction of sp³-hybridized carbons (Fsp3) is 0.179. The normalized spacial score (nSPS) is 21.0. The van der Waals surface area contributed by atoms with Gasteiger partial charge >= 0.3 is 0 Å². The molecule has 3 heteroatoms. The summed E-state index contributed by atoms with van der Waals surface area (Å²) in [5.74, 6) is 6.56. The van der Waals surface area contributed by atoms with Crippen molar-refractivity contribution in [3.8, 4) is 11.8 Å². The van der Waals surface area contributed by atoms with E-state index in [0.29, 0.717) is 0 Å². The number of hydrogen-bond donors (Lipinski definition) is 1. The summed E-state index contributed by atoms with van der Waals surface area (Å²) in [6.45, 7) is 6.14. The van der Waals surface area contributed by atoms with Gasteiger partial charge in [0.25, 0.3) is 0 Å². The third-order valence-electron chi connectivity index (χ3n) is 5.93. The second-order valence-electron chi connectivity index (χ2n) is 8.55. The molecule has 0 saturated heterocycles. The molecule has 0 unspecified atom stereocenters. The number of aliphatic imine (C=N–C) groups is 1. The Morgan fingerprint density at radius 2 is 1.55 bits per heavy atom. The first-order valence-corrected chi connectivity index (χ1v) is 10.4. The van der Waals surface area contributed by atoms with E-state index in [9.17, 15) is 4.39 Å². The van der Waals surface area contributed by atoms with Gasteiger partial charge in [0, 0.05) is 22.4 Å². The van der Waals surface area contributed by atoms with E-state index in [0.717, 1.165) is 39.1 Å². The maximum Gasteiger partial charge on any atom is 0.123 e. The maximum atomic E-state index is 14.4. The number of halogens is 1. The van der Waals surface area contributed by atoms with Crippen LogP contribution in [0, 0.1) is 17.7 Å². The summed E-state index contributed by atoms with van der Waals surface area (Å²) in [5, 5.41) is 3.73. The first-order valence-electron chi connectivity index (χ1n) is 10.4. The minimum Gasteiger partial charge on any atom is -0.275 e. The third-order valence-corrected chi connectivity index (χ3v) is 5.93. The van der Waals surface area contributed by atoms with Gasteiger partial charge in [0.15, 0.2) is 0 Å². The smallest absolute Gasteiger partial charge is 0.123 e. The molecule has 31 heavy (non-hydrogen) atoms. The quantitative estimate of drug-likeness (QED) is 0.516. The topological polar surface area (TPSA) is 24.4 Å². The van der Waals surface area contributed by atoms with Gasteiger partial charge in [0.2, 0.25) is 0 Å². The van der Waals surface area contributed by atoms with Crippen molar-refractivity contribution in [2.45, 2.75) is 32.0 Å². The number of fused-ring (bicyclic) bond motifs is 2. The molecule has 0 fully saturated rings. The van der Waals surface area contributed by atoms with Crippen LogP contribution in [0.25, 0.3) is 5.57 Å². The van der Waals surface area contributed by atoms with Crippen molar-refractivity contribution in [2.75, 3.05) is 0 Å². The van der Waals surface area contributed by atoms with Crippen molar-refractivity contribution in [3.05, 3.63) is 113 Å². The predicted octanol–water partition coefficient (Wildman–Crippen LogP) is 5.69. The first kappa shape index (κ1) is 19.5. The van der Waals surface area contributed by atoms with Crippen LogP contribution in [0.1, 0.15) is 43.0 Å². The summed E-state index contributed by atoms with van der Waals surface area (Å²) in [5.41, 5.74) is 5.48. The van der Waals surface area contributed by atoms with E-state index in [4.69, 9.17) is 4.99 Å². The lowest BCUT2D eigenvalue weighted by Crippen LogP contribution is -2.50. The average molecular weight is 407 g/mol. The lowest BCUT2D eigenvalue weighted by atomic mass is 9.82. The largest absolute Gasteiger partial charge is 0.275 e. The molecule has 152 valence electrons. The zero-order valence-electron chi connectivity index (χ0n) is 17.8. The second-order valence-corrected chi connectivity index (χ2v) is 8.55. The van der Waals surface area contributed by atoms with Gasteiger partial charge in [-0.25, -0.2) is 4.39 Å². The van der Waals surface area contributed by atoms with E-state index in [1.165, 1.54) is 6.07 Å². The van der Waals surface area contributed by atoms with Crippen LogP contribution in [-0.4, -0.2) is 11.4 Å². The van der Waals surface area contributed by atoms with E-state index < -0.39 is 11.2 Å². The van der Waals surface area contributed by atoms with Crippen molar-refractivity contribution < 1.29 is 4.39 Å². The molecular weight excluding hydrogens is 383 g/mol. The molecule has 1 atom stereocenters. The molecule has 3 aromatic carbocycles. The number of hydrogen-bond acceptors (Lipinski definition) is 2. The van der Waals surface area contributed by atoms with Crippen LogP contribution in [0.4, 0.5) is 4.39 Å². The Balaban J connectivity index is 1.85.